The molecule has 0 bridgehead atoms. The van der Waals surface area contributed by atoms with E-state index in [1.54, 1.807) is 0 Å². The summed E-state index contributed by atoms with van der Waals surface area (Å²) in [6, 6.07) is 152. The van der Waals surface area contributed by atoms with Crippen molar-refractivity contribution in [2.24, 2.45) is 0 Å². The van der Waals surface area contributed by atoms with E-state index in [0.29, 0.717) is 0 Å². The van der Waals surface area contributed by atoms with Crippen molar-refractivity contribution >= 4 is 76.3 Å². The third-order valence-electron chi connectivity index (χ3n) is 26.7. The zero-order chi connectivity index (χ0) is 79.8. The van der Waals surface area contributed by atoms with Crippen molar-refractivity contribution in [3.05, 3.63) is 457 Å². The normalized spacial score (nSPS) is 13.5. The van der Waals surface area contributed by atoms with Crippen LogP contribution in [0, 0.1) is 0 Å². The molecule has 0 N–H and O–H groups in total. The Balaban J connectivity index is 0.000000143. The number of benzene rings is 20. The smallest absolute Gasteiger partial charge is 0.0159 e. The molecule has 0 radical (unpaired) electrons. The summed E-state index contributed by atoms with van der Waals surface area (Å²) in [6.07, 6.45) is 2.32. The van der Waals surface area contributed by atoms with Gasteiger partial charge in [0.05, 0.1) is 0 Å². The molecule has 0 saturated heterocycles. The van der Waals surface area contributed by atoms with Gasteiger partial charge in [0.1, 0.15) is 0 Å². The third kappa shape index (κ3) is 11.8. The first kappa shape index (κ1) is 71.3. The summed E-state index contributed by atoms with van der Waals surface area (Å²) >= 11 is 0. The number of rotatable bonds is 10. The van der Waals surface area contributed by atoms with Crippen molar-refractivity contribution in [1.82, 2.24) is 0 Å². The third-order valence-corrected chi connectivity index (χ3v) is 26.7. The lowest BCUT2D eigenvalue weighted by Gasteiger charge is -2.24. The SMILES string of the molecule is CC1(C)c2ccccc2-c2cc(-c3c4ccccc4c(-c4ccc(C=C(c5ccccc5)c5ccccc5)cc4)c4ccc(-c5ccc6ccccc6c5)cc34)ccc21.CC1(C)c2ccccc2-c2cc(-c3c4ccccc4c(-c4ccc5c(c4)C(C)(C)c4cc(-c6ccccc6)ccc4-5)c4ccc(-c5ccc6ccccc6c5)cc34)ccc21. The average Bonchev–Trinajstić information content (AvgIpc) is 1.71. The van der Waals surface area contributed by atoms with Crippen molar-refractivity contribution in [1.29, 1.82) is 0 Å². The topological polar surface area (TPSA) is 0 Å². The van der Waals surface area contributed by atoms with Crippen LogP contribution in [0.5, 0.6) is 0 Å². The molecule has 0 fully saturated rings. The van der Waals surface area contributed by atoms with Crippen LogP contribution < -0.4 is 0 Å². The second kappa shape index (κ2) is 28.0. The highest BCUT2D eigenvalue weighted by atomic mass is 14.4. The van der Waals surface area contributed by atoms with Crippen molar-refractivity contribution in [2.75, 3.05) is 0 Å². The first-order valence-corrected chi connectivity index (χ1v) is 42.0. The molecule has 3 aliphatic carbocycles. The Bertz CT molecular complexity index is 7530. The molecular weight excluding hydrogens is 1430 g/mol. The molecule has 119 heavy (non-hydrogen) atoms. The van der Waals surface area contributed by atoms with E-state index in [2.05, 4.69) is 454 Å². The molecule has 0 saturated carbocycles. The largest absolute Gasteiger partial charge is 0.0622 e. The van der Waals surface area contributed by atoms with Crippen LogP contribution in [0.3, 0.4) is 0 Å². The molecule has 0 heteroatoms. The first-order chi connectivity index (χ1) is 58.3. The van der Waals surface area contributed by atoms with E-state index in [1.807, 2.05) is 0 Å². The van der Waals surface area contributed by atoms with Crippen molar-refractivity contribution in [2.45, 2.75) is 57.8 Å². The van der Waals surface area contributed by atoms with E-state index in [0.717, 1.165) is 0 Å². The zero-order valence-electron chi connectivity index (χ0n) is 67.8. The molecule has 20 aromatic rings. The van der Waals surface area contributed by atoms with Crippen LogP contribution in [0.25, 0.3) is 188 Å². The molecule has 0 spiro atoms. The van der Waals surface area contributed by atoms with Crippen LogP contribution in [0.4, 0.5) is 0 Å². The Hall–Kier alpha value is -14.3. The standard InChI is InChI=1S/C60H44.C59H42/c1-59(2)53-21-13-12-18-45(53)51-34-43(27-31-54(51)59)58-49-20-11-10-19-48(49)57(50-30-25-41(33-52(50)58)40-23-22-38-16-8-9-17-39(38)32-40)44-26-29-47-46-28-24-42(37-14-6-5-7-15-37)35-55(46)60(3,4)56(47)36-44;1-59(2)55-24-14-13-21-48(55)53-38-47(32-34-56(53)59)58-50-23-12-11-22-49(50)57(51-33-31-46(37-54(51)58)45-30-29-40-15-9-10-20-44(40)36-45)43-27-25-39(26-28-43)35-52(41-16-5-3-6-17-41)42-18-7-4-8-19-42/h5-36H,1-4H3;3-38H,1-2H3. The minimum absolute atomic E-state index is 0.0496. The van der Waals surface area contributed by atoms with Crippen LogP contribution in [0.15, 0.2) is 406 Å². The summed E-state index contributed by atoms with van der Waals surface area (Å²) < 4.78 is 0. The van der Waals surface area contributed by atoms with Crippen molar-refractivity contribution in [3.8, 4) is 111 Å². The van der Waals surface area contributed by atoms with E-state index in [1.165, 1.54) is 232 Å². The molecule has 0 unspecified atom stereocenters. The van der Waals surface area contributed by atoms with Gasteiger partial charge in [-0.3, -0.25) is 0 Å². The Morgan fingerprint density at radius 1 is 0.176 bits per heavy atom. The molecule has 0 amide bonds. The van der Waals surface area contributed by atoms with E-state index < -0.39 is 0 Å². The molecular formula is C119H86. The van der Waals surface area contributed by atoms with Gasteiger partial charge in [-0.2, -0.15) is 0 Å². The summed E-state index contributed by atoms with van der Waals surface area (Å²) in [7, 11) is 0. The van der Waals surface area contributed by atoms with Gasteiger partial charge in [-0.25, -0.2) is 0 Å². The molecule has 0 nitrogen and oxygen atoms in total. The van der Waals surface area contributed by atoms with Gasteiger partial charge >= 0.3 is 0 Å². The predicted molar refractivity (Wildman–Crippen MR) is 509 cm³/mol. The maximum absolute atomic E-state index is 2.50. The van der Waals surface area contributed by atoms with Crippen molar-refractivity contribution in [3.63, 3.8) is 0 Å². The maximum Gasteiger partial charge on any atom is 0.0159 e. The maximum atomic E-state index is 2.50. The summed E-state index contributed by atoms with van der Waals surface area (Å²) in [5.74, 6) is 0. The average molecular weight is 1520 g/mol. The summed E-state index contributed by atoms with van der Waals surface area (Å²) in [5.41, 5.74) is 38.4. The highest BCUT2D eigenvalue weighted by Crippen LogP contribution is 2.57. The van der Waals surface area contributed by atoms with Gasteiger partial charge in [-0.05, 0) is 286 Å². The Morgan fingerprint density at radius 3 is 0.958 bits per heavy atom. The second-order valence-corrected chi connectivity index (χ2v) is 34.5. The number of fused-ring (bicyclic) bond motifs is 15. The first-order valence-electron chi connectivity index (χ1n) is 42.0. The van der Waals surface area contributed by atoms with Gasteiger partial charge in [-0.1, -0.05) is 399 Å². The van der Waals surface area contributed by atoms with Gasteiger partial charge in [0.25, 0.3) is 0 Å². The molecule has 0 aromatic heterocycles. The van der Waals surface area contributed by atoms with Gasteiger partial charge in [0.15, 0.2) is 0 Å². The zero-order valence-corrected chi connectivity index (χ0v) is 67.8. The summed E-state index contributed by atoms with van der Waals surface area (Å²) in [6.45, 7) is 14.3. The molecule has 0 heterocycles. The lowest BCUT2D eigenvalue weighted by molar-refractivity contribution is 0.660. The lowest BCUT2D eigenvalue weighted by Crippen LogP contribution is -2.15. The monoisotopic (exact) mass is 1510 g/mol. The fraction of sp³-hybridized carbons (Fsp3) is 0.0756. The minimum Gasteiger partial charge on any atom is -0.0622 e. The highest BCUT2D eigenvalue weighted by Gasteiger charge is 2.39. The van der Waals surface area contributed by atoms with Crippen LogP contribution in [0.1, 0.15) is 91.6 Å². The molecule has 23 rings (SSSR count). The Morgan fingerprint density at radius 2 is 0.479 bits per heavy atom. The summed E-state index contributed by atoms with van der Waals surface area (Å²) in [5, 5.41) is 15.1. The van der Waals surface area contributed by atoms with Crippen LogP contribution >= 0.6 is 0 Å². The van der Waals surface area contributed by atoms with Crippen molar-refractivity contribution < 1.29 is 0 Å². The minimum atomic E-state index is -0.158. The molecule has 3 aliphatic rings. The summed E-state index contributed by atoms with van der Waals surface area (Å²) in [4.78, 5) is 0. The molecule has 562 valence electrons. The Labute approximate surface area is 697 Å². The van der Waals surface area contributed by atoms with E-state index in [4.69, 9.17) is 0 Å². The fourth-order valence-corrected chi connectivity index (χ4v) is 20.6. The van der Waals surface area contributed by atoms with Gasteiger partial charge < -0.3 is 0 Å². The van der Waals surface area contributed by atoms with Crippen LogP contribution in [-0.4, -0.2) is 0 Å². The Kier molecular flexibility index (Phi) is 16.8. The van der Waals surface area contributed by atoms with E-state index in [-0.39, 0.29) is 16.2 Å². The lowest BCUT2D eigenvalue weighted by atomic mass is 9.79. The van der Waals surface area contributed by atoms with Crippen LogP contribution in [-0.2, 0) is 16.2 Å². The van der Waals surface area contributed by atoms with E-state index >= 15 is 0 Å². The predicted octanol–water partition coefficient (Wildman–Crippen LogP) is 32.5. The molecule has 0 aliphatic heterocycles. The van der Waals surface area contributed by atoms with E-state index in [9.17, 15) is 0 Å². The molecule has 0 atom stereocenters. The van der Waals surface area contributed by atoms with Gasteiger partial charge in [0, 0.05) is 16.2 Å². The molecule has 20 aromatic carbocycles. The van der Waals surface area contributed by atoms with Gasteiger partial charge in [-0.15, -0.1) is 0 Å². The number of hydrogen-bond acceptors (Lipinski definition) is 0. The quantitative estimate of drug-likeness (QED) is 0.0946. The highest BCUT2D eigenvalue weighted by molar-refractivity contribution is 6.24. The van der Waals surface area contributed by atoms with Gasteiger partial charge in [0.2, 0.25) is 0 Å². The second-order valence-electron chi connectivity index (χ2n) is 34.5. The fourth-order valence-electron chi connectivity index (χ4n) is 20.6. The van der Waals surface area contributed by atoms with Crippen LogP contribution in [0.2, 0.25) is 0 Å². The number of hydrogen-bond donors (Lipinski definition) is 0.